The van der Waals surface area contributed by atoms with Crippen molar-refractivity contribution < 1.29 is 21.6 Å². The van der Waals surface area contributed by atoms with Gasteiger partial charge in [-0.3, -0.25) is 9.10 Å². The highest BCUT2D eigenvalue weighted by atomic mass is 32.2. The van der Waals surface area contributed by atoms with Gasteiger partial charge in [0.05, 0.1) is 17.6 Å². The summed E-state index contributed by atoms with van der Waals surface area (Å²) in [6, 6.07) is 10.9. The average molecular weight is 424 g/mol. The van der Waals surface area contributed by atoms with E-state index < -0.39 is 26.0 Å². The molecule has 0 bridgehead atoms. The van der Waals surface area contributed by atoms with E-state index in [1.54, 1.807) is 24.3 Å². The smallest absolute Gasteiger partial charge is 0.255 e. The molecule has 0 saturated carbocycles. The van der Waals surface area contributed by atoms with Gasteiger partial charge in [0.2, 0.25) is 20.0 Å². The summed E-state index contributed by atoms with van der Waals surface area (Å²) >= 11 is 0. The molecule has 28 heavy (non-hydrogen) atoms. The van der Waals surface area contributed by atoms with E-state index in [-0.39, 0.29) is 10.6 Å². The number of nitrogens with zero attached hydrogens (tertiary/aromatic N) is 2. The predicted octanol–water partition coefficient (Wildman–Crippen LogP) is 1.51. The summed E-state index contributed by atoms with van der Waals surface area (Å²) in [4.78, 5) is 12.7. The van der Waals surface area contributed by atoms with Gasteiger partial charge in [-0.2, -0.15) is 0 Å². The fraction of sp³-hybridized carbons (Fsp3) is 0.278. The van der Waals surface area contributed by atoms with Crippen LogP contribution in [-0.2, 0) is 26.5 Å². The first-order chi connectivity index (χ1) is 13.0. The van der Waals surface area contributed by atoms with Gasteiger partial charge in [-0.05, 0) is 42.3 Å². The summed E-state index contributed by atoms with van der Waals surface area (Å²) in [6.45, 7) is 0.336. The topological polar surface area (TPSA) is 104 Å². The Balaban J connectivity index is 1.91. The van der Waals surface area contributed by atoms with Gasteiger partial charge in [-0.25, -0.2) is 21.1 Å². The van der Waals surface area contributed by atoms with Crippen LogP contribution in [0.4, 0.5) is 11.4 Å². The fourth-order valence-corrected chi connectivity index (χ4v) is 5.04. The summed E-state index contributed by atoms with van der Waals surface area (Å²) in [5.74, 6) is -0.470. The van der Waals surface area contributed by atoms with Crippen molar-refractivity contribution in [2.24, 2.45) is 0 Å². The van der Waals surface area contributed by atoms with Crippen molar-refractivity contribution in [1.82, 2.24) is 4.31 Å². The Bertz CT molecular complexity index is 1140. The van der Waals surface area contributed by atoms with Crippen LogP contribution in [0.2, 0.25) is 0 Å². The number of nitrogens with one attached hydrogen (secondary N) is 1. The third kappa shape index (κ3) is 3.75. The van der Waals surface area contributed by atoms with Gasteiger partial charge in [0.25, 0.3) is 5.91 Å². The second-order valence-electron chi connectivity index (χ2n) is 6.67. The van der Waals surface area contributed by atoms with Gasteiger partial charge in [0.15, 0.2) is 0 Å². The van der Waals surface area contributed by atoms with Gasteiger partial charge in [-0.15, -0.1) is 0 Å². The molecule has 1 amide bonds. The van der Waals surface area contributed by atoms with E-state index in [0.29, 0.717) is 24.2 Å². The van der Waals surface area contributed by atoms with Gasteiger partial charge < -0.3 is 5.32 Å². The van der Waals surface area contributed by atoms with Crippen molar-refractivity contribution in [3.63, 3.8) is 0 Å². The van der Waals surface area contributed by atoms with Crippen molar-refractivity contribution in [2.45, 2.75) is 11.3 Å². The Kier molecular flexibility index (Phi) is 5.22. The van der Waals surface area contributed by atoms with E-state index in [2.05, 4.69) is 5.32 Å². The van der Waals surface area contributed by atoms with Crippen LogP contribution >= 0.6 is 0 Å². The van der Waals surface area contributed by atoms with Crippen LogP contribution in [0.15, 0.2) is 47.4 Å². The molecule has 2 aromatic carbocycles. The molecule has 0 atom stereocenters. The molecule has 0 unspecified atom stereocenters. The number of para-hydroxylation sites is 1. The van der Waals surface area contributed by atoms with Crippen LogP contribution in [0, 0.1) is 0 Å². The van der Waals surface area contributed by atoms with Crippen LogP contribution in [0.25, 0.3) is 0 Å². The predicted molar refractivity (Wildman–Crippen MR) is 108 cm³/mol. The minimum Gasteiger partial charge on any atom is -0.321 e. The first-order valence-electron chi connectivity index (χ1n) is 8.45. The summed E-state index contributed by atoms with van der Waals surface area (Å²) in [6.07, 6.45) is 1.65. The lowest BCUT2D eigenvalue weighted by molar-refractivity contribution is 0.102. The lowest BCUT2D eigenvalue weighted by Crippen LogP contribution is -2.27. The number of carbonyl (C=O) groups excluding carboxylic acids is 1. The van der Waals surface area contributed by atoms with Crippen molar-refractivity contribution in [2.75, 3.05) is 36.5 Å². The summed E-state index contributed by atoms with van der Waals surface area (Å²) < 4.78 is 51.0. The Morgan fingerprint density at radius 3 is 2.39 bits per heavy atom. The lowest BCUT2D eigenvalue weighted by atomic mass is 10.1. The molecule has 2 aromatic rings. The standard InChI is InChI=1S/C18H21N3O5S2/c1-20(2)28(25,26)17-7-5-4-6-15(17)19-18(22)14-8-9-16-13(12-14)10-11-21(16)27(3,23)24/h4-9,12H,10-11H2,1-3H3,(H,19,22). The first kappa shape index (κ1) is 20.3. The molecule has 0 saturated heterocycles. The molecule has 8 nitrogen and oxygen atoms in total. The van der Waals surface area contributed by atoms with Crippen molar-refractivity contribution in [3.05, 3.63) is 53.6 Å². The largest absolute Gasteiger partial charge is 0.321 e. The molecule has 0 aromatic heterocycles. The van der Waals surface area contributed by atoms with Crippen molar-refractivity contribution in [3.8, 4) is 0 Å². The molecular weight excluding hydrogens is 402 g/mol. The number of amides is 1. The monoisotopic (exact) mass is 423 g/mol. The van der Waals surface area contributed by atoms with Gasteiger partial charge in [-0.1, -0.05) is 12.1 Å². The Morgan fingerprint density at radius 1 is 1.07 bits per heavy atom. The summed E-state index contributed by atoms with van der Waals surface area (Å²) in [5.41, 5.74) is 1.83. The van der Waals surface area contributed by atoms with Gasteiger partial charge in [0, 0.05) is 26.2 Å². The molecule has 0 radical (unpaired) electrons. The molecule has 1 heterocycles. The van der Waals surface area contributed by atoms with Crippen LogP contribution < -0.4 is 9.62 Å². The molecule has 0 fully saturated rings. The number of sulfonamides is 2. The highest BCUT2D eigenvalue weighted by Gasteiger charge is 2.27. The summed E-state index contributed by atoms with van der Waals surface area (Å²) in [5, 5.41) is 2.64. The SMILES string of the molecule is CN(C)S(=O)(=O)c1ccccc1NC(=O)c1ccc2c(c1)CCN2S(C)(=O)=O. The molecule has 1 N–H and O–H groups in total. The molecule has 150 valence electrons. The van der Waals surface area contributed by atoms with Crippen LogP contribution in [0.5, 0.6) is 0 Å². The Morgan fingerprint density at radius 2 is 1.75 bits per heavy atom. The quantitative estimate of drug-likeness (QED) is 0.785. The van der Waals surface area contributed by atoms with Gasteiger partial charge >= 0.3 is 0 Å². The number of hydrogen-bond donors (Lipinski definition) is 1. The second kappa shape index (κ2) is 7.19. The van der Waals surface area contributed by atoms with Crippen LogP contribution in [0.1, 0.15) is 15.9 Å². The number of fused-ring (bicyclic) bond motifs is 1. The molecule has 0 aliphatic carbocycles. The fourth-order valence-electron chi connectivity index (χ4n) is 3.04. The maximum Gasteiger partial charge on any atom is 0.255 e. The Labute approximate surface area is 164 Å². The summed E-state index contributed by atoms with van der Waals surface area (Å²) in [7, 11) is -4.25. The highest BCUT2D eigenvalue weighted by Crippen LogP contribution is 2.31. The van der Waals surface area contributed by atoms with E-state index >= 15 is 0 Å². The zero-order chi connectivity index (χ0) is 20.7. The molecule has 3 rings (SSSR count). The maximum absolute atomic E-state index is 12.7. The number of carbonyl (C=O) groups is 1. The molecule has 10 heteroatoms. The van der Waals surface area contributed by atoms with Crippen molar-refractivity contribution >= 4 is 37.3 Å². The number of hydrogen-bond acceptors (Lipinski definition) is 5. The molecule has 0 spiro atoms. The third-order valence-corrected chi connectivity index (χ3v) is 7.54. The first-order valence-corrected chi connectivity index (χ1v) is 11.7. The zero-order valence-corrected chi connectivity index (χ0v) is 17.3. The lowest BCUT2D eigenvalue weighted by Gasteiger charge is -2.17. The van der Waals surface area contributed by atoms with Crippen LogP contribution in [-0.4, -0.2) is 53.9 Å². The Hall–Kier alpha value is -2.43. The number of benzene rings is 2. The molecule has 1 aliphatic heterocycles. The zero-order valence-electron chi connectivity index (χ0n) is 15.7. The van der Waals surface area contributed by atoms with E-state index in [1.807, 2.05) is 0 Å². The van der Waals surface area contributed by atoms with Crippen molar-refractivity contribution in [1.29, 1.82) is 0 Å². The van der Waals surface area contributed by atoms with E-state index in [4.69, 9.17) is 0 Å². The maximum atomic E-state index is 12.7. The minimum atomic E-state index is -3.72. The van der Waals surface area contributed by atoms with E-state index in [9.17, 15) is 21.6 Å². The normalized spacial score (nSPS) is 14.2. The number of anilines is 2. The second-order valence-corrected chi connectivity index (χ2v) is 10.7. The van der Waals surface area contributed by atoms with Gasteiger partial charge in [0.1, 0.15) is 4.90 Å². The third-order valence-electron chi connectivity index (χ3n) is 4.49. The average Bonchev–Trinajstić information content (AvgIpc) is 3.05. The molecule has 1 aliphatic rings. The van der Waals surface area contributed by atoms with E-state index in [0.717, 1.165) is 16.1 Å². The van der Waals surface area contributed by atoms with Crippen LogP contribution in [0.3, 0.4) is 0 Å². The molecular formula is C18H21N3O5S2. The number of rotatable bonds is 5. The highest BCUT2D eigenvalue weighted by molar-refractivity contribution is 7.92. The minimum absolute atomic E-state index is 0.00207. The van der Waals surface area contributed by atoms with E-state index in [1.165, 1.54) is 36.6 Å².